The molecule has 3 atom stereocenters. The summed E-state index contributed by atoms with van der Waals surface area (Å²) in [5.41, 5.74) is 6.56. The molecule has 0 unspecified atom stereocenters. The molecule has 2 fully saturated rings. The van der Waals surface area contributed by atoms with Gasteiger partial charge in [0.25, 0.3) is 5.91 Å². The van der Waals surface area contributed by atoms with Gasteiger partial charge in [-0.05, 0) is 65.5 Å². The van der Waals surface area contributed by atoms with Crippen LogP contribution in [0.2, 0.25) is 0 Å². The lowest BCUT2D eigenvalue weighted by Crippen LogP contribution is -2.62. The predicted molar refractivity (Wildman–Crippen MR) is 146 cm³/mol. The van der Waals surface area contributed by atoms with Crippen LogP contribution in [0.15, 0.2) is 24.5 Å². The van der Waals surface area contributed by atoms with Gasteiger partial charge in [0.15, 0.2) is 0 Å². The number of likely N-dealkylation sites (tertiary alicyclic amines) is 1. The summed E-state index contributed by atoms with van der Waals surface area (Å²) < 4.78 is 6.29. The second kappa shape index (κ2) is 10.4. The number of benzene rings is 1. The number of ether oxygens (including phenoxy) is 1. The van der Waals surface area contributed by atoms with Crippen LogP contribution in [0.25, 0.3) is 0 Å². The number of fused-ring (bicyclic) bond motifs is 1. The SMILES string of the molecule is CCO[C@@H]1Cc2cc(C)ccc2[C@H]1N1CCN(C2(C)CCN(C(=O)c3c(C)ncnc3C)CC2)C[C@@H]1C. The van der Waals surface area contributed by atoms with E-state index in [-0.39, 0.29) is 17.6 Å². The Labute approximate surface area is 222 Å². The van der Waals surface area contributed by atoms with E-state index in [1.165, 1.54) is 23.0 Å². The first-order valence-electron chi connectivity index (χ1n) is 14.0. The highest BCUT2D eigenvalue weighted by atomic mass is 16.5. The molecule has 1 aromatic carbocycles. The molecule has 7 heteroatoms. The summed E-state index contributed by atoms with van der Waals surface area (Å²) in [6.45, 7) is 18.3. The van der Waals surface area contributed by atoms with Crippen LogP contribution in [0.1, 0.15) is 78.1 Å². The molecule has 3 aliphatic rings. The Morgan fingerprint density at radius 1 is 1.08 bits per heavy atom. The molecule has 2 aromatic rings. The van der Waals surface area contributed by atoms with Gasteiger partial charge in [0.1, 0.15) is 6.33 Å². The molecule has 0 bridgehead atoms. The summed E-state index contributed by atoms with van der Waals surface area (Å²) >= 11 is 0. The van der Waals surface area contributed by atoms with Gasteiger partial charge in [-0.15, -0.1) is 0 Å². The molecule has 0 spiro atoms. The standard InChI is InChI=1S/C30H43N5O2/c1-7-37-26-17-24-16-20(2)8-9-25(24)28(26)35-15-14-34(18-21(35)3)30(6)10-12-33(13-11-30)29(36)27-22(4)31-19-32-23(27)5/h8-9,16,19,21,26,28H,7,10-15,17-18H2,1-6H3/t21-,26+,28+/m0/s1. The molecule has 7 nitrogen and oxygen atoms in total. The van der Waals surface area contributed by atoms with Gasteiger partial charge in [-0.1, -0.05) is 23.8 Å². The molecule has 1 aliphatic carbocycles. The number of rotatable bonds is 5. The van der Waals surface area contributed by atoms with Crippen molar-refractivity contribution in [2.75, 3.05) is 39.3 Å². The second-order valence-corrected chi connectivity index (χ2v) is 11.6. The van der Waals surface area contributed by atoms with Crippen molar-refractivity contribution in [2.45, 2.75) is 84.5 Å². The van der Waals surface area contributed by atoms with Crippen LogP contribution in [0.3, 0.4) is 0 Å². The van der Waals surface area contributed by atoms with Gasteiger partial charge in [0.05, 0.1) is 29.1 Å². The maximum absolute atomic E-state index is 13.3. The number of hydrogen-bond donors (Lipinski definition) is 0. The molecular weight excluding hydrogens is 462 g/mol. The van der Waals surface area contributed by atoms with Gasteiger partial charge in [0, 0.05) is 57.3 Å². The average Bonchev–Trinajstić information content (AvgIpc) is 3.21. The van der Waals surface area contributed by atoms with Crippen molar-refractivity contribution in [3.8, 4) is 0 Å². The van der Waals surface area contributed by atoms with Crippen LogP contribution in [-0.2, 0) is 11.2 Å². The van der Waals surface area contributed by atoms with Crippen molar-refractivity contribution >= 4 is 5.91 Å². The Balaban J connectivity index is 1.25. The molecule has 1 aromatic heterocycles. The van der Waals surface area contributed by atoms with E-state index in [4.69, 9.17) is 4.74 Å². The van der Waals surface area contributed by atoms with Crippen molar-refractivity contribution in [3.63, 3.8) is 0 Å². The Bertz CT molecular complexity index is 1120. The van der Waals surface area contributed by atoms with Crippen molar-refractivity contribution in [2.24, 2.45) is 0 Å². The van der Waals surface area contributed by atoms with Crippen LogP contribution < -0.4 is 0 Å². The van der Waals surface area contributed by atoms with Crippen molar-refractivity contribution in [1.82, 2.24) is 24.7 Å². The molecule has 1 amide bonds. The smallest absolute Gasteiger partial charge is 0.257 e. The fourth-order valence-corrected chi connectivity index (χ4v) is 6.93. The summed E-state index contributed by atoms with van der Waals surface area (Å²) in [6.07, 6.45) is 4.76. The van der Waals surface area contributed by atoms with E-state index < -0.39 is 0 Å². The zero-order valence-corrected chi connectivity index (χ0v) is 23.5. The lowest BCUT2D eigenvalue weighted by molar-refractivity contribution is -0.0630. The Morgan fingerprint density at radius 3 is 2.43 bits per heavy atom. The van der Waals surface area contributed by atoms with Gasteiger partial charge in [0.2, 0.25) is 0 Å². The first-order chi connectivity index (χ1) is 17.7. The molecule has 5 rings (SSSR count). The summed E-state index contributed by atoms with van der Waals surface area (Å²) in [7, 11) is 0. The van der Waals surface area contributed by atoms with E-state index in [9.17, 15) is 4.79 Å². The van der Waals surface area contributed by atoms with Crippen molar-refractivity contribution in [1.29, 1.82) is 0 Å². The first-order valence-corrected chi connectivity index (χ1v) is 14.0. The minimum atomic E-state index is 0.0768. The zero-order valence-electron chi connectivity index (χ0n) is 23.5. The van der Waals surface area contributed by atoms with E-state index in [1.54, 1.807) is 0 Å². The summed E-state index contributed by atoms with van der Waals surface area (Å²) in [5.74, 6) is 0.0768. The molecule has 37 heavy (non-hydrogen) atoms. The highest BCUT2D eigenvalue weighted by molar-refractivity contribution is 5.96. The third-order valence-corrected chi connectivity index (χ3v) is 9.14. The molecule has 2 saturated heterocycles. The lowest BCUT2D eigenvalue weighted by atomic mass is 9.86. The van der Waals surface area contributed by atoms with Crippen molar-refractivity contribution < 1.29 is 9.53 Å². The largest absolute Gasteiger partial charge is 0.376 e. The highest BCUT2D eigenvalue weighted by Gasteiger charge is 2.44. The quantitative estimate of drug-likeness (QED) is 0.610. The maximum atomic E-state index is 13.3. The normalized spacial score (nSPS) is 26.3. The van der Waals surface area contributed by atoms with Gasteiger partial charge >= 0.3 is 0 Å². The highest BCUT2D eigenvalue weighted by Crippen LogP contribution is 2.41. The number of carbonyl (C=O) groups excluding carboxylic acids is 1. The number of nitrogens with zero attached hydrogens (tertiary/aromatic N) is 5. The minimum Gasteiger partial charge on any atom is -0.376 e. The summed E-state index contributed by atoms with van der Waals surface area (Å²) in [4.78, 5) is 29.2. The van der Waals surface area contributed by atoms with E-state index in [1.807, 2.05) is 18.7 Å². The van der Waals surface area contributed by atoms with Gasteiger partial charge < -0.3 is 9.64 Å². The molecular formula is C30H43N5O2. The number of carbonyl (C=O) groups is 1. The van der Waals surface area contributed by atoms with Crippen LogP contribution in [0.4, 0.5) is 0 Å². The molecule has 3 heterocycles. The Morgan fingerprint density at radius 2 is 1.78 bits per heavy atom. The van der Waals surface area contributed by atoms with Crippen LogP contribution in [0, 0.1) is 20.8 Å². The van der Waals surface area contributed by atoms with Crippen LogP contribution in [0.5, 0.6) is 0 Å². The van der Waals surface area contributed by atoms with E-state index in [2.05, 4.69) is 65.7 Å². The van der Waals surface area contributed by atoms with Gasteiger partial charge in [-0.3, -0.25) is 14.6 Å². The Kier molecular flexibility index (Phi) is 7.40. The molecule has 0 radical (unpaired) electrons. The van der Waals surface area contributed by atoms with Crippen molar-refractivity contribution in [3.05, 3.63) is 58.2 Å². The fraction of sp³-hybridized carbons (Fsp3) is 0.633. The summed E-state index contributed by atoms with van der Waals surface area (Å²) in [5, 5.41) is 0. The maximum Gasteiger partial charge on any atom is 0.257 e. The zero-order chi connectivity index (χ0) is 26.3. The van der Waals surface area contributed by atoms with Gasteiger partial charge in [-0.25, -0.2) is 9.97 Å². The number of hydrogen-bond acceptors (Lipinski definition) is 6. The third kappa shape index (κ3) is 4.93. The molecule has 0 saturated carbocycles. The van der Waals surface area contributed by atoms with Crippen LogP contribution in [-0.4, -0.2) is 87.6 Å². The number of aryl methyl sites for hydroxylation is 3. The monoisotopic (exact) mass is 505 g/mol. The first kappa shape index (κ1) is 26.3. The average molecular weight is 506 g/mol. The fourth-order valence-electron chi connectivity index (χ4n) is 6.93. The molecule has 0 N–H and O–H groups in total. The second-order valence-electron chi connectivity index (χ2n) is 11.6. The minimum absolute atomic E-state index is 0.0768. The van der Waals surface area contributed by atoms with E-state index in [0.29, 0.717) is 17.6 Å². The lowest BCUT2D eigenvalue weighted by Gasteiger charge is -2.53. The summed E-state index contributed by atoms with van der Waals surface area (Å²) in [6, 6.07) is 7.71. The van der Waals surface area contributed by atoms with Crippen LogP contribution >= 0.6 is 0 Å². The third-order valence-electron chi connectivity index (χ3n) is 9.14. The number of piperidine rings is 1. The van der Waals surface area contributed by atoms with E-state index in [0.717, 1.165) is 70.0 Å². The number of aromatic nitrogens is 2. The molecule has 2 aliphatic heterocycles. The topological polar surface area (TPSA) is 61.8 Å². The predicted octanol–water partition coefficient (Wildman–Crippen LogP) is 4.11. The van der Waals surface area contributed by atoms with Gasteiger partial charge in [-0.2, -0.15) is 0 Å². The number of amides is 1. The molecule has 200 valence electrons. The van der Waals surface area contributed by atoms with E-state index >= 15 is 0 Å². The Hall–Kier alpha value is -2.35. The number of piperazine rings is 1.